The smallest absolute Gasteiger partial charge is 0.228 e. The molecule has 0 amide bonds. The number of carbonyl (C=O) groups excluding carboxylic acids is 1. The Morgan fingerprint density at radius 2 is 2.22 bits per heavy atom. The summed E-state index contributed by atoms with van der Waals surface area (Å²) in [5.41, 5.74) is 1.42. The van der Waals surface area contributed by atoms with Crippen LogP contribution in [0.25, 0.3) is 0 Å². The Morgan fingerprint density at radius 1 is 1.44 bits per heavy atom. The van der Waals surface area contributed by atoms with Gasteiger partial charge in [0.15, 0.2) is 5.82 Å². The van der Waals surface area contributed by atoms with Gasteiger partial charge in [0, 0.05) is 29.5 Å². The number of halogens is 1. The molecule has 0 unspecified atom stereocenters. The normalized spacial score (nSPS) is 10.6. The summed E-state index contributed by atoms with van der Waals surface area (Å²) in [6.07, 6.45) is 4.45. The van der Waals surface area contributed by atoms with Crippen molar-refractivity contribution in [3.63, 3.8) is 0 Å². The van der Waals surface area contributed by atoms with Gasteiger partial charge in [0.05, 0.1) is 0 Å². The zero-order chi connectivity index (χ0) is 13.1. The van der Waals surface area contributed by atoms with Gasteiger partial charge >= 0.3 is 0 Å². The van der Waals surface area contributed by atoms with Gasteiger partial charge in [-0.1, -0.05) is 30.7 Å². The number of carbonyl (C=O) groups is 1. The SMILES string of the molecule is CCCn1ccnc1C(=O)c1cccc(Cl)c1C. The molecular weight excluding hydrogens is 248 g/mol. The zero-order valence-electron chi connectivity index (χ0n) is 10.5. The van der Waals surface area contributed by atoms with Crippen LogP contribution in [0.5, 0.6) is 0 Å². The fraction of sp³-hybridized carbons (Fsp3) is 0.286. The Morgan fingerprint density at radius 3 is 2.94 bits per heavy atom. The van der Waals surface area contributed by atoms with E-state index in [1.807, 2.05) is 17.7 Å². The van der Waals surface area contributed by atoms with E-state index in [0.29, 0.717) is 16.4 Å². The highest BCUT2D eigenvalue weighted by Gasteiger charge is 2.17. The number of nitrogens with zero attached hydrogens (tertiary/aromatic N) is 2. The molecule has 0 aliphatic carbocycles. The lowest BCUT2D eigenvalue weighted by Gasteiger charge is -2.08. The van der Waals surface area contributed by atoms with Crippen LogP contribution in [0.1, 0.15) is 35.1 Å². The number of hydrogen-bond acceptors (Lipinski definition) is 2. The summed E-state index contributed by atoms with van der Waals surface area (Å²) in [4.78, 5) is 16.6. The predicted molar refractivity (Wildman–Crippen MR) is 72.1 cm³/mol. The average Bonchev–Trinajstić information content (AvgIpc) is 2.80. The van der Waals surface area contributed by atoms with Crippen molar-refractivity contribution in [3.8, 4) is 0 Å². The Kier molecular flexibility index (Phi) is 3.82. The summed E-state index contributed by atoms with van der Waals surface area (Å²) in [5.74, 6) is 0.399. The van der Waals surface area contributed by atoms with Crippen LogP contribution in [-0.2, 0) is 6.54 Å². The van der Waals surface area contributed by atoms with Crippen LogP contribution in [0.2, 0.25) is 5.02 Å². The fourth-order valence-electron chi connectivity index (χ4n) is 1.91. The van der Waals surface area contributed by atoms with Gasteiger partial charge in [-0.05, 0) is 25.0 Å². The monoisotopic (exact) mass is 262 g/mol. The first kappa shape index (κ1) is 12.8. The number of rotatable bonds is 4. The average molecular weight is 263 g/mol. The van der Waals surface area contributed by atoms with Crippen LogP contribution in [0.15, 0.2) is 30.6 Å². The van der Waals surface area contributed by atoms with E-state index in [0.717, 1.165) is 18.5 Å². The fourth-order valence-corrected chi connectivity index (χ4v) is 2.09. The Hall–Kier alpha value is -1.61. The van der Waals surface area contributed by atoms with Crippen molar-refractivity contribution >= 4 is 17.4 Å². The van der Waals surface area contributed by atoms with Gasteiger partial charge in [-0.25, -0.2) is 4.98 Å². The maximum Gasteiger partial charge on any atom is 0.228 e. The van der Waals surface area contributed by atoms with Crippen molar-refractivity contribution in [1.82, 2.24) is 9.55 Å². The molecule has 0 saturated carbocycles. The molecular formula is C14H15ClN2O. The van der Waals surface area contributed by atoms with E-state index in [-0.39, 0.29) is 5.78 Å². The van der Waals surface area contributed by atoms with Crippen LogP contribution in [0, 0.1) is 6.92 Å². The summed E-state index contributed by atoms with van der Waals surface area (Å²) >= 11 is 6.04. The van der Waals surface area contributed by atoms with Gasteiger partial charge in [-0.2, -0.15) is 0 Å². The molecule has 94 valence electrons. The van der Waals surface area contributed by atoms with E-state index >= 15 is 0 Å². The molecule has 0 N–H and O–H groups in total. The summed E-state index contributed by atoms with van der Waals surface area (Å²) < 4.78 is 1.88. The molecule has 0 fully saturated rings. The van der Waals surface area contributed by atoms with E-state index in [1.54, 1.807) is 24.4 Å². The van der Waals surface area contributed by atoms with Gasteiger partial charge in [0.2, 0.25) is 5.78 Å². The number of hydrogen-bond donors (Lipinski definition) is 0. The van der Waals surface area contributed by atoms with Gasteiger partial charge in [-0.3, -0.25) is 4.79 Å². The molecule has 0 bridgehead atoms. The van der Waals surface area contributed by atoms with Crippen molar-refractivity contribution in [2.24, 2.45) is 0 Å². The molecule has 2 aromatic rings. The van der Waals surface area contributed by atoms with Gasteiger partial charge < -0.3 is 4.57 Å². The second kappa shape index (κ2) is 5.36. The molecule has 4 heteroatoms. The van der Waals surface area contributed by atoms with Crippen molar-refractivity contribution in [3.05, 3.63) is 52.6 Å². The van der Waals surface area contributed by atoms with Gasteiger partial charge in [0.25, 0.3) is 0 Å². The molecule has 0 spiro atoms. The molecule has 0 radical (unpaired) electrons. The number of aromatic nitrogens is 2. The standard InChI is InChI=1S/C14H15ClN2O/c1-3-8-17-9-7-16-14(17)13(18)11-5-4-6-12(15)10(11)2/h4-7,9H,3,8H2,1-2H3. The molecule has 0 aliphatic heterocycles. The highest BCUT2D eigenvalue weighted by atomic mass is 35.5. The maximum absolute atomic E-state index is 12.4. The lowest BCUT2D eigenvalue weighted by atomic mass is 10.0. The molecule has 1 aromatic heterocycles. The second-order valence-electron chi connectivity index (χ2n) is 4.19. The molecule has 1 heterocycles. The summed E-state index contributed by atoms with van der Waals surface area (Å²) in [6.45, 7) is 4.71. The van der Waals surface area contributed by atoms with Gasteiger partial charge in [-0.15, -0.1) is 0 Å². The topological polar surface area (TPSA) is 34.9 Å². The minimum atomic E-state index is -0.0755. The van der Waals surface area contributed by atoms with Crippen molar-refractivity contribution in [2.75, 3.05) is 0 Å². The number of ketones is 1. The minimum Gasteiger partial charge on any atom is -0.328 e. The van der Waals surface area contributed by atoms with Crippen LogP contribution in [-0.4, -0.2) is 15.3 Å². The van der Waals surface area contributed by atoms with Crippen molar-refractivity contribution in [2.45, 2.75) is 26.8 Å². The number of imidazole rings is 1. The number of aryl methyl sites for hydroxylation is 1. The summed E-state index contributed by atoms with van der Waals surface area (Å²) in [7, 11) is 0. The van der Waals surface area contributed by atoms with Gasteiger partial charge in [0.1, 0.15) is 0 Å². The van der Waals surface area contributed by atoms with E-state index < -0.39 is 0 Å². The molecule has 0 saturated heterocycles. The molecule has 1 aromatic carbocycles. The first-order valence-electron chi connectivity index (χ1n) is 5.96. The molecule has 18 heavy (non-hydrogen) atoms. The van der Waals surface area contributed by atoms with Crippen LogP contribution in [0.4, 0.5) is 0 Å². The van der Waals surface area contributed by atoms with E-state index in [9.17, 15) is 4.79 Å². The first-order valence-corrected chi connectivity index (χ1v) is 6.34. The van der Waals surface area contributed by atoms with Crippen molar-refractivity contribution < 1.29 is 4.79 Å². The van der Waals surface area contributed by atoms with Crippen LogP contribution >= 0.6 is 11.6 Å². The molecule has 3 nitrogen and oxygen atoms in total. The highest BCUT2D eigenvalue weighted by Crippen LogP contribution is 2.21. The Balaban J connectivity index is 2.42. The zero-order valence-corrected chi connectivity index (χ0v) is 11.2. The first-order chi connectivity index (χ1) is 8.65. The van der Waals surface area contributed by atoms with Crippen molar-refractivity contribution in [1.29, 1.82) is 0 Å². The largest absolute Gasteiger partial charge is 0.328 e. The molecule has 0 aliphatic rings. The minimum absolute atomic E-state index is 0.0755. The van der Waals surface area contributed by atoms with E-state index in [4.69, 9.17) is 11.6 Å². The second-order valence-corrected chi connectivity index (χ2v) is 4.59. The summed E-state index contributed by atoms with van der Waals surface area (Å²) in [6, 6.07) is 5.36. The van der Waals surface area contributed by atoms with E-state index in [1.165, 1.54) is 0 Å². The van der Waals surface area contributed by atoms with Crippen LogP contribution in [0.3, 0.4) is 0 Å². The number of benzene rings is 1. The highest BCUT2D eigenvalue weighted by molar-refractivity contribution is 6.32. The molecule has 2 rings (SSSR count). The third-order valence-corrected chi connectivity index (χ3v) is 3.30. The Labute approximate surface area is 111 Å². The lowest BCUT2D eigenvalue weighted by Crippen LogP contribution is -2.12. The lowest BCUT2D eigenvalue weighted by molar-refractivity contribution is 0.102. The summed E-state index contributed by atoms with van der Waals surface area (Å²) in [5, 5.41) is 0.606. The maximum atomic E-state index is 12.4. The van der Waals surface area contributed by atoms with Crippen LogP contribution < -0.4 is 0 Å². The molecule has 0 atom stereocenters. The van der Waals surface area contributed by atoms with E-state index in [2.05, 4.69) is 11.9 Å². The predicted octanol–water partition coefficient (Wildman–Crippen LogP) is 3.49. The third kappa shape index (κ3) is 2.31. The Bertz CT molecular complexity index is 575. The quantitative estimate of drug-likeness (QED) is 0.791. The third-order valence-electron chi connectivity index (χ3n) is 2.90.